The van der Waals surface area contributed by atoms with Gasteiger partial charge in [0.1, 0.15) is 5.75 Å². The van der Waals surface area contributed by atoms with E-state index in [-0.39, 0.29) is 0 Å². The molecule has 5 heteroatoms. The molecule has 0 N–H and O–H groups in total. The van der Waals surface area contributed by atoms with Crippen LogP contribution < -0.4 is 4.74 Å². The largest absolute Gasteiger partial charge is 0.497 e. The summed E-state index contributed by atoms with van der Waals surface area (Å²) in [6, 6.07) is 9.40. The van der Waals surface area contributed by atoms with Gasteiger partial charge in [-0.1, -0.05) is 18.6 Å². The van der Waals surface area contributed by atoms with E-state index in [0.717, 1.165) is 38.2 Å². The van der Waals surface area contributed by atoms with E-state index in [1.807, 2.05) is 0 Å². The van der Waals surface area contributed by atoms with Crippen LogP contribution in [0.5, 0.6) is 5.75 Å². The van der Waals surface area contributed by atoms with Gasteiger partial charge in [-0.15, -0.1) is 0 Å². The SMILES string of the molecule is COCCCCCC(=O)N1C[C@@H](c2ccc(OC)cc2)[C@@H]2[C@H]1C1CCN2CC1. The molecule has 4 aliphatic rings. The zero-order valence-electron chi connectivity index (χ0n) is 17.3. The maximum atomic E-state index is 13.1. The first kappa shape index (κ1) is 19.7. The van der Waals surface area contributed by atoms with E-state index in [1.54, 1.807) is 14.2 Å². The molecule has 0 aromatic heterocycles. The highest BCUT2D eigenvalue weighted by atomic mass is 16.5. The molecule has 5 nitrogen and oxygen atoms in total. The predicted molar refractivity (Wildman–Crippen MR) is 110 cm³/mol. The molecule has 3 atom stereocenters. The van der Waals surface area contributed by atoms with Gasteiger partial charge in [-0.05, 0) is 62.4 Å². The van der Waals surface area contributed by atoms with Gasteiger partial charge in [-0.3, -0.25) is 9.69 Å². The molecule has 154 valence electrons. The minimum absolute atomic E-state index is 0.358. The van der Waals surface area contributed by atoms with Gasteiger partial charge in [0.05, 0.1) is 13.2 Å². The minimum atomic E-state index is 0.358. The summed E-state index contributed by atoms with van der Waals surface area (Å²) in [5.74, 6) is 2.34. The van der Waals surface area contributed by atoms with Crippen LogP contribution in [0.1, 0.15) is 50.0 Å². The lowest BCUT2D eigenvalue weighted by atomic mass is 9.75. The average molecular weight is 387 g/mol. The highest BCUT2D eigenvalue weighted by Gasteiger charge is 2.54. The zero-order chi connectivity index (χ0) is 19.5. The van der Waals surface area contributed by atoms with Crippen LogP contribution in [0.4, 0.5) is 0 Å². The first-order valence-corrected chi connectivity index (χ1v) is 10.9. The van der Waals surface area contributed by atoms with Crippen LogP contribution in [0.2, 0.25) is 0 Å². The fraction of sp³-hybridized carbons (Fsp3) is 0.696. The molecule has 1 amide bonds. The molecule has 0 aliphatic carbocycles. The van der Waals surface area contributed by atoms with Crippen molar-refractivity contribution in [3.8, 4) is 5.75 Å². The second-order valence-corrected chi connectivity index (χ2v) is 8.58. The highest BCUT2D eigenvalue weighted by Crippen LogP contribution is 2.46. The van der Waals surface area contributed by atoms with E-state index in [2.05, 4.69) is 34.1 Å². The number of methoxy groups -OCH3 is 2. The van der Waals surface area contributed by atoms with Crippen molar-refractivity contribution in [3.63, 3.8) is 0 Å². The van der Waals surface area contributed by atoms with Gasteiger partial charge < -0.3 is 14.4 Å². The number of likely N-dealkylation sites (tertiary alicyclic amines) is 1. The number of amides is 1. The Kier molecular flexibility index (Phi) is 6.22. The number of carbonyl (C=O) groups excluding carboxylic acids is 1. The van der Waals surface area contributed by atoms with E-state index in [1.165, 1.54) is 31.5 Å². The third-order valence-corrected chi connectivity index (χ3v) is 7.10. The molecule has 28 heavy (non-hydrogen) atoms. The van der Waals surface area contributed by atoms with Gasteiger partial charge in [0.25, 0.3) is 0 Å². The second kappa shape index (κ2) is 8.83. The van der Waals surface area contributed by atoms with Gasteiger partial charge in [0.2, 0.25) is 5.91 Å². The number of hydrogen-bond donors (Lipinski definition) is 0. The van der Waals surface area contributed by atoms with Crippen molar-refractivity contribution in [2.45, 2.75) is 56.5 Å². The van der Waals surface area contributed by atoms with Crippen LogP contribution in [0, 0.1) is 5.92 Å². The summed E-state index contributed by atoms with van der Waals surface area (Å²) in [6.45, 7) is 4.04. The maximum absolute atomic E-state index is 13.1. The lowest BCUT2D eigenvalue weighted by molar-refractivity contribution is -0.136. The summed E-state index contributed by atoms with van der Waals surface area (Å²) in [5.41, 5.74) is 1.35. The second-order valence-electron chi connectivity index (χ2n) is 8.58. The van der Waals surface area contributed by atoms with Crippen molar-refractivity contribution < 1.29 is 14.3 Å². The normalized spacial score (nSPS) is 31.1. The van der Waals surface area contributed by atoms with Crippen LogP contribution in [0.3, 0.4) is 0 Å². The third kappa shape index (κ3) is 3.79. The Morgan fingerprint density at radius 3 is 2.46 bits per heavy atom. The fourth-order valence-corrected chi connectivity index (χ4v) is 5.69. The third-order valence-electron chi connectivity index (χ3n) is 7.10. The van der Waals surface area contributed by atoms with Crippen LogP contribution in [-0.4, -0.2) is 68.3 Å². The van der Waals surface area contributed by atoms with E-state index < -0.39 is 0 Å². The Hall–Kier alpha value is -1.59. The summed E-state index contributed by atoms with van der Waals surface area (Å²) in [6.07, 6.45) is 6.24. The Labute approximate surface area is 169 Å². The van der Waals surface area contributed by atoms with Gasteiger partial charge >= 0.3 is 0 Å². The standard InChI is InChI=1S/C23H34N2O3/c1-27-15-5-3-4-6-21(26)25-16-20(17-7-9-19(28-2)10-8-17)23-22(25)18-11-13-24(23)14-12-18/h7-10,18,20,22-23H,3-6,11-16H2,1-2H3/t20-,22+,23+/m0/s1. The lowest BCUT2D eigenvalue weighted by Crippen LogP contribution is -2.60. The smallest absolute Gasteiger partial charge is 0.222 e. The van der Waals surface area contributed by atoms with Gasteiger partial charge in [0, 0.05) is 38.6 Å². The molecule has 1 aromatic carbocycles. The van der Waals surface area contributed by atoms with Crippen molar-refractivity contribution in [3.05, 3.63) is 29.8 Å². The molecule has 0 saturated carbocycles. The van der Waals surface area contributed by atoms with E-state index in [0.29, 0.717) is 36.2 Å². The molecule has 2 bridgehead atoms. The number of hydrogen-bond acceptors (Lipinski definition) is 4. The van der Waals surface area contributed by atoms with E-state index in [4.69, 9.17) is 9.47 Å². The van der Waals surface area contributed by atoms with Crippen molar-refractivity contribution >= 4 is 5.91 Å². The number of benzene rings is 1. The van der Waals surface area contributed by atoms with Gasteiger partial charge in [-0.2, -0.15) is 0 Å². The van der Waals surface area contributed by atoms with E-state index >= 15 is 0 Å². The van der Waals surface area contributed by atoms with Crippen molar-refractivity contribution in [1.29, 1.82) is 0 Å². The molecule has 0 radical (unpaired) electrons. The minimum Gasteiger partial charge on any atom is -0.497 e. The van der Waals surface area contributed by atoms with Gasteiger partial charge in [0.15, 0.2) is 0 Å². The number of carbonyl (C=O) groups is 1. The highest BCUT2D eigenvalue weighted by molar-refractivity contribution is 5.77. The fourth-order valence-electron chi connectivity index (χ4n) is 5.69. The number of piperidine rings is 3. The molecule has 4 fully saturated rings. The molecule has 4 saturated heterocycles. The van der Waals surface area contributed by atoms with Crippen LogP contribution in [0.25, 0.3) is 0 Å². The lowest BCUT2D eigenvalue weighted by Gasteiger charge is -2.51. The Bertz CT molecular complexity index is 654. The number of nitrogens with zero attached hydrogens (tertiary/aromatic N) is 2. The van der Waals surface area contributed by atoms with Crippen LogP contribution >= 0.6 is 0 Å². The zero-order valence-corrected chi connectivity index (χ0v) is 17.3. The van der Waals surface area contributed by atoms with Crippen molar-refractivity contribution in [2.24, 2.45) is 5.92 Å². The first-order valence-electron chi connectivity index (χ1n) is 10.9. The summed E-state index contributed by atoms with van der Waals surface area (Å²) in [5, 5.41) is 0. The molecular weight excluding hydrogens is 352 g/mol. The first-order chi connectivity index (χ1) is 13.7. The number of rotatable bonds is 8. The van der Waals surface area contributed by atoms with Crippen LogP contribution in [0.15, 0.2) is 24.3 Å². The summed E-state index contributed by atoms with van der Waals surface area (Å²) in [7, 11) is 3.45. The monoisotopic (exact) mass is 386 g/mol. The quantitative estimate of drug-likeness (QED) is 0.643. The molecule has 4 heterocycles. The molecule has 4 aliphatic heterocycles. The molecule has 1 aromatic rings. The topological polar surface area (TPSA) is 42.0 Å². The Morgan fingerprint density at radius 1 is 1.04 bits per heavy atom. The molecular formula is C23H34N2O3. The van der Waals surface area contributed by atoms with Crippen molar-refractivity contribution in [2.75, 3.05) is 40.5 Å². The van der Waals surface area contributed by atoms with Gasteiger partial charge in [-0.25, -0.2) is 0 Å². The van der Waals surface area contributed by atoms with E-state index in [9.17, 15) is 4.79 Å². The maximum Gasteiger partial charge on any atom is 0.222 e. The summed E-state index contributed by atoms with van der Waals surface area (Å²) >= 11 is 0. The summed E-state index contributed by atoms with van der Waals surface area (Å²) < 4.78 is 10.5. The molecule has 0 spiro atoms. The number of ether oxygens (including phenoxy) is 2. The average Bonchev–Trinajstić information content (AvgIpc) is 3.17. The number of fused-ring (bicyclic) bond motifs is 2. The number of unbranched alkanes of at least 4 members (excludes halogenated alkanes) is 2. The van der Waals surface area contributed by atoms with Crippen molar-refractivity contribution in [1.82, 2.24) is 9.80 Å². The Balaban J connectivity index is 1.49. The molecule has 0 unspecified atom stereocenters. The Morgan fingerprint density at radius 2 is 1.79 bits per heavy atom. The predicted octanol–water partition coefficient (Wildman–Crippen LogP) is 3.29. The molecule has 5 rings (SSSR count). The summed E-state index contributed by atoms with van der Waals surface area (Å²) in [4.78, 5) is 18.1. The van der Waals surface area contributed by atoms with Crippen LogP contribution in [-0.2, 0) is 9.53 Å².